The van der Waals surface area contributed by atoms with E-state index in [1.807, 2.05) is 6.07 Å². The molecule has 0 radical (unpaired) electrons. The molecule has 1 aromatic heterocycles. The molecule has 0 amide bonds. The SMILES string of the molecule is CCNc1cc(NCC2CCOC2CC)nc(C2CC2)n1. The van der Waals surface area contributed by atoms with E-state index >= 15 is 0 Å². The van der Waals surface area contributed by atoms with Gasteiger partial charge in [-0.25, -0.2) is 9.97 Å². The van der Waals surface area contributed by atoms with Crippen molar-refractivity contribution in [1.29, 1.82) is 0 Å². The quantitative estimate of drug-likeness (QED) is 0.808. The van der Waals surface area contributed by atoms with E-state index in [4.69, 9.17) is 4.74 Å². The lowest BCUT2D eigenvalue weighted by Gasteiger charge is -2.18. The topological polar surface area (TPSA) is 59.1 Å². The zero-order valence-corrected chi connectivity index (χ0v) is 13.1. The number of nitrogens with one attached hydrogen (secondary N) is 2. The molecule has 116 valence electrons. The maximum atomic E-state index is 5.75. The average molecular weight is 290 g/mol. The van der Waals surface area contributed by atoms with Crippen LogP contribution in [0, 0.1) is 5.92 Å². The minimum Gasteiger partial charge on any atom is -0.378 e. The molecular weight excluding hydrogens is 264 g/mol. The largest absolute Gasteiger partial charge is 0.378 e. The summed E-state index contributed by atoms with van der Waals surface area (Å²) < 4.78 is 5.75. The van der Waals surface area contributed by atoms with Gasteiger partial charge in [0.1, 0.15) is 17.5 Å². The summed E-state index contributed by atoms with van der Waals surface area (Å²) in [7, 11) is 0. The van der Waals surface area contributed by atoms with Crippen molar-refractivity contribution in [3.63, 3.8) is 0 Å². The highest BCUT2D eigenvalue weighted by atomic mass is 16.5. The van der Waals surface area contributed by atoms with Gasteiger partial charge in [0.15, 0.2) is 0 Å². The fourth-order valence-electron chi connectivity index (χ4n) is 2.97. The highest BCUT2D eigenvalue weighted by Crippen LogP contribution is 2.38. The molecule has 3 rings (SSSR count). The van der Waals surface area contributed by atoms with E-state index in [-0.39, 0.29) is 0 Å². The van der Waals surface area contributed by atoms with Gasteiger partial charge in [0.2, 0.25) is 0 Å². The molecular formula is C16H26N4O. The van der Waals surface area contributed by atoms with E-state index < -0.39 is 0 Å². The maximum absolute atomic E-state index is 5.75. The van der Waals surface area contributed by atoms with E-state index in [9.17, 15) is 0 Å². The number of hydrogen-bond donors (Lipinski definition) is 2. The Bertz CT molecular complexity index is 475. The molecule has 2 atom stereocenters. The molecule has 2 N–H and O–H groups in total. The van der Waals surface area contributed by atoms with Crippen molar-refractivity contribution in [3.8, 4) is 0 Å². The maximum Gasteiger partial charge on any atom is 0.136 e. The first-order valence-corrected chi connectivity index (χ1v) is 8.28. The molecule has 5 heteroatoms. The first-order chi connectivity index (χ1) is 10.3. The third-order valence-corrected chi connectivity index (χ3v) is 4.34. The molecule has 0 bridgehead atoms. The van der Waals surface area contributed by atoms with Gasteiger partial charge in [-0.3, -0.25) is 0 Å². The second-order valence-electron chi connectivity index (χ2n) is 6.05. The van der Waals surface area contributed by atoms with Crippen molar-refractivity contribution in [1.82, 2.24) is 9.97 Å². The molecule has 0 aromatic carbocycles. The molecule has 5 nitrogen and oxygen atoms in total. The predicted octanol–water partition coefficient (Wildman–Crippen LogP) is 3.01. The number of ether oxygens (including phenoxy) is 1. The van der Waals surface area contributed by atoms with Crippen LogP contribution in [0.5, 0.6) is 0 Å². The Morgan fingerprint density at radius 2 is 1.90 bits per heavy atom. The first kappa shape index (κ1) is 14.6. The second-order valence-corrected chi connectivity index (χ2v) is 6.05. The number of nitrogens with zero attached hydrogens (tertiary/aromatic N) is 2. The summed E-state index contributed by atoms with van der Waals surface area (Å²) in [6.45, 7) is 7.00. The van der Waals surface area contributed by atoms with E-state index in [1.165, 1.54) is 12.8 Å². The molecule has 1 aliphatic heterocycles. The molecule has 2 aliphatic rings. The number of anilines is 2. The Morgan fingerprint density at radius 3 is 2.57 bits per heavy atom. The molecule has 0 spiro atoms. The Labute approximate surface area is 126 Å². The third kappa shape index (κ3) is 3.64. The van der Waals surface area contributed by atoms with Gasteiger partial charge in [-0.2, -0.15) is 0 Å². The standard InChI is InChI=1S/C16H26N4O/c1-3-13-12(7-8-21-13)10-18-15-9-14(17-4-2)19-16(20-15)11-5-6-11/h9,11-13H,3-8,10H2,1-2H3,(H2,17,18,19,20). The van der Waals surface area contributed by atoms with Crippen LogP contribution in [0.1, 0.15) is 51.3 Å². The Balaban J connectivity index is 1.66. The molecule has 1 saturated heterocycles. The third-order valence-electron chi connectivity index (χ3n) is 4.34. The molecule has 21 heavy (non-hydrogen) atoms. The van der Waals surface area contributed by atoms with Crippen molar-refractivity contribution in [2.75, 3.05) is 30.3 Å². The summed E-state index contributed by atoms with van der Waals surface area (Å²) >= 11 is 0. The van der Waals surface area contributed by atoms with Gasteiger partial charge in [-0.1, -0.05) is 6.92 Å². The predicted molar refractivity (Wildman–Crippen MR) is 84.8 cm³/mol. The van der Waals surface area contributed by atoms with Crippen LogP contribution in [-0.4, -0.2) is 35.8 Å². The van der Waals surface area contributed by atoms with E-state index in [0.29, 0.717) is 17.9 Å². The lowest BCUT2D eigenvalue weighted by Crippen LogP contribution is -2.23. The fraction of sp³-hybridized carbons (Fsp3) is 0.750. The fourth-order valence-corrected chi connectivity index (χ4v) is 2.97. The number of aromatic nitrogens is 2. The minimum absolute atomic E-state index is 0.399. The lowest BCUT2D eigenvalue weighted by molar-refractivity contribution is 0.0900. The van der Waals surface area contributed by atoms with Crippen LogP contribution in [0.15, 0.2) is 6.07 Å². The zero-order valence-electron chi connectivity index (χ0n) is 13.1. The summed E-state index contributed by atoms with van der Waals surface area (Å²) in [5.74, 6) is 4.04. The summed E-state index contributed by atoms with van der Waals surface area (Å²) in [4.78, 5) is 9.30. The van der Waals surface area contributed by atoms with Crippen LogP contribution < -0.4 is 10.6 Å². The highest BCUT2D eigenvalue weighted by Gasteiger charge is 2.28. The van der Waals surface area contributed by atoms with Crippen molar-refractivity contribution in [3.05, 3.63) is 11.9 Å². The monoisotopic (exact) mass is 290 g/mol. The Hall–Kier alpha value is -1.36. The molecule has 1 aromatic rings. The van der Waals surface area contributed by atoms with Crippen LogP contribution in [0.3, 0.4) is 0 Å². The zero-order chi connectivity index (χ0) is 14.7. The molecule has 2 heterocycles. The molecule has 2 unspecified atom stereocenters. The van der Waals surface area contributed by atoms with Gasteiger partial charge in [0, 0.05) is 37.6 Å². The number of hydrogen-bond acceptors (Lipinski definition) is 5. The van der Waals surface area contributed by atoms with E-state index in [0.717, 1.165) is 50.0 Å². The molecule has 1 saturated carbocycles. The Kier molecular flexibility index (Phi) is 4.58. The second kappa shape index (κ2) is 6.60. The van der Waals surface area contributed by atoms with Crippen LogP contribution in [0.2, 0.25) is 0 Å². The van der Waals surface area contributed by atoms with Crippen molar-refractivity contribution >= 4 is 11.6 Å². The number of rotatable bonds is 7. The molecule has 1 aliphatic carbocycles. The summed E-state index contributed by atoms with van der Waals surface area (Å²) in [6, 6.07) is 2.02. The Morgan fingerprint density at radius 1 is 1.14 bits per heavy atom. The lowest BCUT2D eigenvalue weighted by atomic mass is 10.00. The van der Waals surface area contributed by atoms with Crippen LogP contribution in [0.4, 0.5) is 11.6 Å². The van der Waals surface area contributed by atoms with Gasteiger partial charge in [0.25, 0.3) is 0 Å². The normalized spacial score (nSPS) is 25.0. The van der Waals surface area contributed by atoms with Gasteiger partial charge in [-0.15, -0.1) is 0 Å². The van der Waals surface area contributed by atoms with Gasteiger partial charge >= 0.3 is 0 Å². The summed E-state index contributed by atoms with van der Waals surface area (Å²) in [6.07, 6.45) is 5.08. The van der Waals surface area contributed by atoms with Gasteiger partial charge < -0.3 is 15.4 Å². The van der Waals surface area contributed by atoms with Crippen molar-refractivity contribution in [2.24, 2.45) is 5.92 Å². The molecule has 2 fully saturated rings. The minimum atomic E-state index is 0.399. The van der Waals surface area contributed by atoms with Crippen molar-refractivity contribution < 1.29 is 4.74 Å². The van der Waals surface area contributed by atoms with Crippen LogP contribution in [0.25, 0.3) is 0 Å². The van der Waals surface area contributed by atoms with Gasteiger partial charge in [-0.05, 0) is 32.6 Å². The highest BCUT2D eigenvalue weighted by molar-refractivity contribution is 5.48. The smallest absolute Gasteiger partial charge is 0.136 e. The first-order valence-electron chi connectivity index (χ1n) is 8.28. The average Bonchev–Trinajstić information content (AvgIpc) is 3.24. The van der Waals surface area contributed by atoms with Crippen molar-refractivity contribution in [2.45, 2.75) is 51.6 Å². The van der Waals surface area contributed by atoms with Crippen LogP contribution >= 0.6 is 0 Å². The van der Waals surface area contributed by atoms with E-state index in [1.54, 1.807) is 0 Å². The summed E-state index contributed by atoms with van der Waals surface area (Å²) in [5, 5.41) is 6.80. The van der Waals surface area contributed by atoms with E-state index in [2.05, 4.69) is 34.4 Å². The van der Waals surface area contributed by atoms with Crippen LogP contribution in [-0.2, 0) is 4.74 Å². The van der Waals surface area contributed by atoms with Gasteiger partial charge in [0.05, 0.1) is 6.10 Å². The summed E-state index contributed by atoms with van der Waals surface area (Å²) in [5.41, 5.74) is 0.